The summed E-state index contributed by atoms with van der Waals surface area (Å²) in [6, 6.07) is 5.91. The van der Waals surface area contributed by atoms with Crippen molar-refractivity contribution in [3.8, 4) is 11.4 Å². The van der Waals surface area contributed by atoms with Crippen LogP contribution in [0.3, 0.4) is 0 Å². The van der Waals surface area contributed by atoms with Gasteiger partial charge < -0.3 is 10.1 Å². The van der Waals surface area contributed by atoms with Gasteiger partial charge in [-0.15, -0.1) is 0 Å². The Kier molecular flexibility index (Phi) is 6.63. The molecule has 1 unspecified atom stereocenters. The Labute approximate surface area is 201 Å². The Morgan fingerprint density at radius 1 is 1.29 bits per heavy atom. The third kappa shape index (κ3) is 5.07. The number of piperidine rings is 1. The van der Waals surface area contributed by atoms with Crippen LogP contribution in [0.5, 0.6) is 0 Å². The summed E-state index contributed by atoms with van der Waals surface area (Å²) in [5, 5.41) is 15.6. The Hall–Kier alpha value is -3.37. The summed E-state index contributed by atoms with van der Waals surface area (Å²) in [6.07, 6.45) is 4.35. The lowest BCUT2D eigenvalue weighted by atomic mass is 10.0. The smallest absolute Gasteiger partial charge is 0.415 e. The number of hydrogen-bond donors (Lipinski definition) is 1. The van der Waals surface area contributed by atoms with Crippen molar-refractivity contribution in [1.82, 2.24) is 20.3 Å². The fraction of sp³-hybridized carbons (Fsp3) is 0.391. The number of carbonyl (C=O) groups excluding carboxylic acids is 1. The molecule has 34 heavy (non-hydrogen) atoms. The molecule has 0 bridgehead atoms. The van der Waals surface area contributed by atoms with Gasteiger partial charge in [-0.3, -0.25) is 25.0 Å². The second-order valence-corrected chi connectivity index (χ2v) is 9.41. The van der Waals surface area contributed by atoms with Gasteiger partial charge in [-0.2, -0.15) is 0 Å². The number of aromatic nitrogens is 3. The molecule has 1 aliphatic heterocycles. The van der Waals surface area contributed by atoms with Crippen molar-refractivity contribution in [3.63, 3.8) is 0 Å². The van der Waals surface area contributed by atoms with Crippen LogP contribution in [0.15, 0.2) is 36.7 Å². The maximum absolute atomic E-state index is 13.4. The highest BCUT2D eigenvalue weighted by Crippen LogP contribution is 2.34. The van der Waals surface area contributed by atoms with E-state index in [0.717, 1.165) is 19.4 Å². The first-order valence-electron chi connectivity index (χ1n) is 10.9. The number of ether oxygens (including phenoxy) is 1. The highest BCUT2D eigenvalue weighted by molar-refractivity contribution is 6.29. The normalized spacial score (nSPS) is 16.3. The molecule has 1 N–H and O–H groups in total. The lowest BCUT2D eigenvalue weighted by Crippen LogP contribution is -2.50. The molecular formula is C23H25ClN6O4. The average molecular weight is 485 g/mol. The largest absolute Gasteiger partial charge is 0.443 e. The van der Waals surface area contributed by atoms with Gasteiger partial charge in [0.15, 0.2) is 5.69 Å². The lowest BCUT2D eigenvalue weighted by molar-refractivity contribution is -0.384. The number of nitrogens with zero attached hydrogens (tertiary/aromatic N) is 5. The third-order valence-electron chi connectivity index (χ3n) is 5.37. The highest BCUT2D eigenvalue weighted by atomic mass is 35.5. The summed E-state index contributed by atoms with van der Waals surface area (Å²) in [7, 11) is 0. The molecule has 4 rings (SSSR count). The number of fused-ring (bicyclic) bond motifs is 1. The third-order valence-corrected chi connectivity index (χ3v) is 5.58. The molecule has 10 nitrogen and oxygen atoms in total. The van der Waals surface area contributed by atoms with Crippen molar-refractivity contribution in [3.05, 3.63) is 51.9 Å². The second kappa shape index (κ2) is 9.47. The summed E-state index contributed by atoms with van der Waals surface area (Å²) in [5.74, 6) is 0. The van der Waals surface area contributed by atoms with E-state index in [0.29, 0.717) is 23.1 Å². The molecule has 4 heterocycles. The molecule has 11 heteroatoms. The predicted molar refractivity (Wildman–Crippen MR) is 129 cm³/mol. The molecule has 3 aromatic heterocycles. The van der Waals surface area contributed by atoms with E-state index in [2.05, 4.69) is 20.3 Å². The van der Waals surface area contributed by atoms with Crippen LogP contribution >= 0.6 is 11.6 Å². The highest BCUT2D eigenvalue weighted by Gasteiger charge is 2.32. The summed E-state index contributed by atoms with van der Waals surface area (Å²) < 4.78 is 5.74. The van der Waals surface area contributed by atoms with E-state index in [9.17, 15) is 14.9 Å². The lowest BCUT2D eigenvalue weighted by Gasteiger charge is -2.36. The molecule has 0 spiro atoms. The summed E-state index contributed by atoms with van der Waals surface area (Å²) in [5.41, 5.74) is 0.504. The predicted octanol–water partition coefficient (Wildman–Crippen LogP) is 4.75. The molecule has 0 radical (unpaired) electrons. The van der Waals surface area contributed by atoms with Crippen LogP contribution in [-0.2, 0) is 4.74 Å². The molecule has 0 saturated carbocycles. The Bertz CT molecular complexity index is 1240. The number of nitro groups is 1. The zero-order chi connectivity index (χ0) is 24.5. The van der Waals surface area contributed by atoms with Crippen LogP contribution in [0.25, 0.3) is 22.3 Å². The topological polar surface area (TPSA) is 123 Å². The van der Waals surface area contributed by atoms with Gasteiger partial charge in [0.05, 0.1) is 34.1 Å². The number of hydrogen-bond acceptors (Lipinski definition) is 8. The van der Waals surface area contributed by atoms with Crippen molar-refractivity contribution >= 4 is 40.0 Å². The van der Waals surface area contributed by atoms with Crippen molar-refractivity contribution in [1.29, 1.82) is 0 Å². The zero-order valence-corrected chi connectivity index (χ0v) is 19.9. The van der Waals surface area contributed by atoms with E-state index in [4.69, 9.17) is 16.3 Å². The summed E-state index contributed by atoms with van der Waals surface area (Å²) in [6.45, 7) is 6.95. The minimum absolute atomic E-state index is 0.0392. The van der Waals surface area contributed by atoms with Crippen molar-refractivity contribution in [2.75, 3.05) is 18.0 Å². The molecule has 1 amide bonds. The van der Waals surface area contributed by atoms with Crippen LogP contribution in [-0.4, -0.2) is 50.7 Å². The first-order valence-corrected chi connectivity index (χ1v) is 11.3. The SMILES string of the molecule is CC(C)(C)OC(=O)N(c1ccnc2cnc(-c3nc(Cl)ccc3[N+](=O)[O-])cc12)C1CCCNC1. The minimum atomic E-state index is -0.682. The van der Waals surface area contributed by atoms with E-state index in [1.807, 2.05) is 20.8 Å². The molecule has 0 aromatic carbocycles. The van der Waals surface area contributed by atoms with Gasteiger partial charge >= 0.3 is 6.09 Å². The van der Waals surface area contributed by atoms with Gasteiger partial charge in [-0.25, -0.2) is 9.78 Å². The number of amides is 1. The van der Waals surface area contributed by atoms with Crippen LogP contribution in [0.4, 0.5) is 16.2 Å². The number of anilines is 1. The quantitative estimate of drug-likeness (QED) is 0.319. The summed E-state index contributed by atoms with van der Waals surface area (Å²) in [4.78, 5) is 38.9. The molecular weight excluding hydrogens is 460 g/mol. The number of pyridine rings is 3. The maximum Gasteiger partial charge on any atom is 0.415 e. The molecule has 178 valence electrons. The van der Waals surface area contributed by atoms with Gasteiger partial charge in [-0.05, 0) is 58.4 Å². The monoisotopic (exact) mass is 484 g/mol. The van der Waals surface area contributed by atoms with Crippen LogP contribution in [0, 0.1) is 10.1 Å². The standard InChI is InChI=1S/C23H25ClN6O4/c1-23(2,3)34-22(31)29(14-5-4-9-25-12-14)18-8-10-26-17-13-27-16(11-15(17)18)21-19(30(32)33)6-7-20(24)28-21/h6-8,10-11,13-14,25H,4-5,9,12H2,1-3H3. The van der Waals surface area contributed by atoms with Crippen LogP contribution < -0.4 is 10.2 Å². The fourth-order valence-corrected chi connectivity index (χ4v) is 4.09. The Morgan fingerprint density at radius 3 is 2.76 bits per heavy atom. The number of nitrogens with one attached hydrogen (secondary N) is 1. The zero-order valence-electron chi connectivity index (χ0n) is 19.1. The Morgan fingerprint density at radius 2 is 2.09 bits per heavy atom. The minimum Gasteiger partial charge on any atom is -0.443 e. The van der Waals surface area contributed by atoms with Gasteiger partial charge in [-0.1, -0.05) is 11.6 Å². The van der Waals surface area contributed by atoms with E-state index in [1.165, 1.54) is 18.3 Å². The van der Waals surface area contributed by atoms with Crippen molar-refractivity contribution in [2.45, 2.75) is 45.3 Å². The molecule has 1 atom stereocenters. The Balaban J connectivity index is 1.88. The number of rotatable bonds is 4. The van der Waals surface area contributed by atoms with E-state index in [1.54, 1.807) is 23.2 Å². The molecule has 1 aliphatic rings. The summed E-state index contributed by atoms with van der Waals surface area (Å²) >= 11 is 6.03. The van der Waals surface area contributed by atoms with Crippen LogP contribution in [0.1, 0.15) is 33.6 Å². The molecule has 1 fully saturated rings. The van der Waals surface area contributed by atoms with Crippen molar-refractivity contribution in [2.24, 2.45) is 0 Å². The van der Waals surface area contributed by atoms with Gasteiger partial charge in [0.2, 0.25) is 0 Å². The van der Waals surface area contributed by atoms with Crippen molar-refractivity contribution < 1.29 is 14.5 Å². The van der Waals surface area contributed by atoms with Gasteiger partial charge in [0, 0.05) is 24.2 Å². The molecule has 0 aliphatic carbocycles. The van der Waals surface area contributed by atoms with Gasteiger partial charge in [0.25, 0.3) is 5.69 Å². The van der Waals surface area contributed by atoms with E-state index >= 15 is 0 Å². The maximum atomic E-state index is 13.4. The number of carbonyl (C=O) groups is 1. The molecule has 3 aromatic rings. The first-order chi connectivity index (χ1) is 16.1. The van der Waals surface area contributed by atoms with E-state index in [-0.39, 0.29) is 28.3 Å². The molecule has 1 saturated heterocycles. The van der Waals surface area contributed by atoms with Gasteiger partial charge in [0.1, 0.15) is 10.8 Å². The number of halogens is 1. The van der Waals surface area contributed by atoms with E-state index < -0.39 is 16.6 Å². The fourth-order valence-electron chi connectivity index (χ4n) is 3.95. The first kappa shape index (κ1) is 23.8. The second-order valence-electron chi connectivity index (χ2n) is 9.03. The van der Waals surface area contributed by atoms with Crippen LogP contribution in [0.2, 0.25) is 5.15 Å². The average Bonchev–Trinajstić information content (AvgIpc) is 2.78.